The van der Waals surface area contributed by atoms with Crippen molar-refractivity contribution >= 4 is 57.9 Å². The summed E-state index contributed by atoms with van der Waals surface area (Å²) in [6, 6.07) is 17.9. The Labute approximate surface area is 217 Å². The number of carbonyl (C=O) groups is 3. The van der Waals surface area contributed by atoms with Gasteiger partial charge >= 0.3 is 6.09 Å². The molecule has 3 heterocycles. The average Bonchev–Trinajstić information content (AvgIpc) is 3.65. The normalized spacial score (nSPS) is 17.2. The summed E-state index contributed by atoms with van der Waals surface area (Å²) in [6.45, 7) is 2.28. The quantitative estimate of drug-likeness (QED) is 0.453. The van der Waals surface area contributed by atoms with E-state index in [2.05, 4.69) is 15.5 Å². The summed E-state index contributed by atoms with van der Waals surface area (Å²) in [5, 5.41) is 5.82. The van der Waals surface area contributed by atoms with E-state index < -0.39 is 12.2 Å². The Balaban J connectivity index is 1.31. The van der Waals surface area contributed by atoms with Gasteiger partial charge in [-0.3, -0.25) is 14.5 Å². The van der Waals surface area contributed by atoms with Crippen molar-refractivity contribution in [1.29, 1.82) is 0 Å². The Kier molecular flexibility index (Phi) is 7.11. The van der Waals surface area contributed by atoms with Gasteiger partial charge in [0, 0.05) is 24.3 Å². The van der Waals surface area contributed by atoms with Gasteiger partial charge in [-0.05, 0) is 55.3 Å². The van der Waals surface area contributed by atoms with E-state index >= 15 is 0 Å². The standard InChI is InChI=1S/C26H25ClN4O4S/c27-23-11-10-22(36-23)25(33)28-15-19-16-31(26(34)35-19)18-8-9-21(30-12-4-5-13-30)20(14-18)29-24(32)17-6-2-1-3-7-17/h1-3,6-11,14,19H,4-5,12-13,15-16H2,(H,28,33)(H,29,32)/t19-/m1/s1. The van der Waals surface area contributed by atoms with E-state index in [1.165, 1.54) is 16.2 Å². The summed E-state index contributed by atoms with van der Waals surface area (Å²) < 4.78 is 6.03. The summed E-state index contributed by atoms with van der Waals surface area (Å²) >= 11 is 7.09. The Morgan fingerprint density at radius 3 is 2.53 bits per heavy atom. The zero-order valence-corrected chi connectivity index (χ0v) is 21.0. The van der Waals surface area contributed by atoms with Crippen LogP contribution in [0.5, 0.6) is 0 Å². The Bertz CT molecular complexity index is 1280. The van der Waals surface area contributed by atoms with E-state index in [0.717, 1.165) is 31.6 Å². The summed E-state index contributed by atoms with van der Waals surface area (Å²) in [6.07, 6.45) is 1.19. The lowest BCUT2D eigenvalue weighted by Crippen LogP contribution is -2.34. The summed E-state index contributed by atoms with van der Waals surface area (Å²) in [7, 11) is 0. The van der Waals surface area contributed by atoms with E-state index in [9.17, 15) is 14.4 Å². The second-order valence-electron chi connectivity index (χ2n) is 8.65. The number of ether oxygens (including phenoxy) is 1. The molecule has 2 N–H and O–H groups in total. The third-order valence-corrected chi connectivity index (χ3v) is 7.41. The zero-order chi connectivity index (χ0) is 25.1. The number of halogens is 1. The van der Waals surface area contributed by atoms with Gasteiger partial charge in [0.05, 0.1) is 33.7 Å². The third kappa shape index (κ3) is 5.32. The predicted octanol–water partition coefficient (Wildman–Crippen LogP) is 5.01. The molecular formula is C26H25ClN4O4S. The van der Waals surface area contributed by atoms with Crippen LogP contribution in [-0.2, 0) is 4.74 Å². The average molecular weight is 525 g/mol. The number of anilines is 3. The molecule has 3 aromatic rings. The first kappa shape index (κ1) is 24.1. The predicted molar refractivity (Wildman–Crippen MR) is 142 cm³/mol. The van der Waals surface area contributed by atoms with Crippen molar-refractivity contribution in [2.45, 2.75) is 18.9 Å². The van der Waals surface area contributed by atoms with Crippen LogP contribution in [-0.4, -0.2) is 50.2 Å². The summed E-state index contributed by atoms with van der Waals surface area (Å²) in [4.78, 5) is 42.2. The van der Waals surface area contributed by atoms with Crippen LogP contribution in [0.1, 0.15) is 32.9 Å². The molecule has 10 heteroatoms. The molecule has 2 aliphatic heterocycles. The fourth-order valence-corrected chi connectivity index (χ4v) is 5.34. The summed E-state index contributed by atoms with van der Waals surface area (Å²) in [5.74, 6) is -0.478. The number of thiophene rings is 1. The lowest BCUT2D eigenvalue weighted by atomic mass is 10.1. The third-order valence-electron chi connectivity index (χ3n) is 6.18. The largest absolute Gasteiger partial charge is 0.442 e. The Morgan fingerprint density at radius 2 is 1.81 bits per heavy atom. The van der Waals surface area contributed by atoms with Crippen LogP contribution >= 0.6 is 22.9 Å². The molecule has 36 heavy (non-hydrogen) atoms. The van der Waals surface area contributed by atoms with Crippen molar-refractivity contribution in [3.63, 3.8) is 0 Å². The molecule has 1 aromatic heterocycles. The second kappa shape index (κ2) is 10.6. The molecule has 186 valence electrons. The zero-order valence-electron chi connectivity index (χ0n) is 19.4. The molecule has 0 bridgehead atoms. The number of benzene rings is 2. The second-order valence-corrected chi connectivity index (χ2v) is 10.4. The highest BCUT2D eigenvalue weighted by atomic mass is 35.5. The Morgan fingerprint density at radius 1 is 1.03 bits per heavy atom. The minimum Gasteiger partial charge on any atom is -0.442 e. The molecule has 5 rings (SSSR count). The lowest BCUT2D eigenvalue weighted by Gasteiger charge is -2.24. The molecule has 0 radical (unpaired) electrons. The van der Waals surface area contributed by atoms with Gasteiger partial charge in [0.15, 0.2) is 0 Å². The van der Waals surface area contributed by atoms with Crippen LogP contribution in [0.25, 0.3) is 0 Å². The minimum absolute atomic E-state index is 0.181. The van der Waals surface area contributed by atoms with Crippen LogP contribution in [0.15, 0.2) is 60.7 Å². The smallest absolute Gasteiger partial charge is 0.414 e. The van der Waals surface area contributed by atoms with Crippen molar-refractivity contribution < 1.29 is 19.1 Å². The maximum Gasteiger partial charge on any atom is 0.414 e. The molecule has 0 unspecified atom stereocenters. The van der Waals surface area contributed by atoms with Gasteiger partial charge in [0.1, 0.15) is 6.10 Å². The lowest BCUT2D eigenvalue weighted by molar-refractivity contribution is 0.0919. The Hall–Kier alpha value is -3.56. The highest BCUT2D eigenvalue weighted by Gasteiger charge is 2.33. The molecular weight excluding hydrogens is 500 g/mol. The number of amides is 3. The molecule has 2 aromatic carbocycles. The first-order valence-corrected chi connectivity index (χ1v) is 12.9. The van der Waals surface area contributed by atoms with Crippen LogP contribution in [0.4, 0.5) is 21.9 Å². The van der Waals surface area contributed by atoms with Crippen molar-refractivity contribution in [3.8, 4) is 0 Å². The van der Waals surface area contributed by atoms with Gasteiger partial charge in [-0.15, -0.1) is 11.3 Å². The molecule has 1 atom stereocenters. The van der Waals surface area contributed by atoms with Gasteiger partial charge in [0.25, 0.3) is 11.8 Å². The molecule has 3 amide bonds. The molecule has 8 nitrogen and oxygen atoms in total. The molecule has 0 aliphatic carbocycles. The highest BCUT2D eigenvalue weighted by molar-refractivity contribution is 7.18. The van der Waals surface area contributed by atoms with Crippen LogP contribution in [0.2, 0.25) is 4.34 Å². The molecule has 2 aliphatic rings. The molecule has 2 saturated heterocycles. The summed E-state index contributed by atoms with van der Waals surface area (Å²) in [5.41, 5.74) is 2.73. The number of nitrogens with one attached hydrogen (secondary N) is 2. The van der Waals surface area contributed by atoms with Crippen LogP contribution in [0.3, 0.4) is 0 Å². The van der Waals surface area contributed by atoms with Crippen molar-refractivity contribution in [3.05, 3.63) is 75.4 Å². The van der Waals surface area contributed by atoms with E-state index in [0.29, 0.717) is 26.2 Å². The fraction of sp³-hybridized carbons (Fsp3) is 0.269. The van der Waals surface area contributed by atoms with Gasteiger partial charge < -0.3 is 20.3 Å². The monoisotopic (exact) mass is 524 g/mol. The van der Waals surface area contributed by atoms with Crippen LogP contribution in [0, 0.1) is 0 Å². The van der Waals surface area contributed by atoms with E-state index in [1.807, 2.05) is 36.4 Å². The number of rotatable bonds is 7. The number of nitrogens with zero attached hydrogens (tertiary/aromatic N) is 2. The van der Waals surface area contributed by atoms with Gasteiger partial charge in [-0.25, -0.2) is 4.79 Å². The molecule has 0 spiro atoms. The van der Waals surface area contributed by atoms with E-state index in [4.69, 9.17) is 16.3 Å². The number of hydrogen-bond acceptors (Lipinski definition) is 6. The van der Waals surface area contributed by atoms with Crippen molar-refractivity contribution in [2.75, 3.05) is 41.3 Å². The first-order chi connectivity index (χ1) is 17.5. The van der Waals surface area contributed by atoms with E-state index in [-0.39, 0.29) is 24.9 Å². The van der Waals surface area contributed by atoms with Gasteiger partial charge in [-0.1, -0.05) is 29.8 Å². The van der Waals surface area contributed by atoms with Crippen molar-refractivity contribution in [2.24, 2.45) is 0 Å². The van der Waals surface area contributed by atoms with Gasteiger partial charge in [0.2, 0.25) is 0 Å². The van der Waals surface area contributed by atoms with Crippen molar-refractivity contribution in [1.82, 2.24) is 5.32 Å². The molecule has 2 fully saturated rings. The molecule has 0 saturated carbocycles. The van der Waals surface area contributed by atoms with Crippen LogP contribution < -0.4 is 20.4 Å². The number of hydrogen-bond donors (Lipinski definition) is 2. The maximum absolute atomic E-state index is 12.9. The number of cyclic esters (lactones) is 1. The topological polar surface area (TPSA) is 91.0 Å². The fourth-order valence-electron chi connectivity index (χ4n) is 4.38. The van der Waals surface area contributed by atoms with E-state index in [1.54, 1.807) is 24.3 Å². The van der Waals surface area contributed by atoms with Gasteiger partial charge in [-0.2, -0.15) is 0 Å². The first-order valence-electron chi connectivity index (χ1n) is 11.7. The maximum atomic E-state index is 12.9. The number of carbonyl (C=O) groups excluding carboxylic acids is 3. The minimum atomic E-state index is -0.502. The SMILES string of the molecule is O=C(Nc1cc(N2C[C@@H](CNC(=O)c3ccc(Cl)s3)OC2=O)ccc1N1CCCC1)c1ccccc1. The highest BCUT2D eigenvalue weighted by Crippen LogP contribution is 2.34.